The van der Waals surface area contributed by atoms with Gasteiger partial charge < -0.3 is 10.3 Å². The van der Waals surface area contributed by atoms with Gasteiger partial charge in [-0.15, -0.1) is 0 Å². The highest BCUT2D eigenvalue weighted by atomic mass is 16.5. The third-order valence-corrected chi connectivity index (χ3v) is 4.23. The van der Waals surface area contributed by atoms with Gasteiger partial charge in [-0.25, -0.2) is 0 Å². The Kier molecular flexibility index (Phi) is 4.82. The number of nitrogens with zero attached hydrogens (tertiary/aromatic N) is 4. The lowest BCUT2D eigenvalue weighted by molar-refractivity contribution is 0.0901. The van der Waals surface area contributed by atoms with Gasteiger partial charge in [0, 0.05) is 44.8 Å². The van der Waals surface area contributed by atoms with Crippen molar-refractivity contribution in [2.24, 2.45) is 5.73 Å². The second kappa shape index (κ2) is 7.00. The first kappa shape index (κ1) is 15.1. The molecule has 2 heterocycles. The molecule has 0 bridgehead atoms. The van der Waals surface area contributed by atoms with E-state index in [0.29, 0.717) is 11.7 Å². The van der Waals surface area contributed by atoms with Crippen molar-refractivity contribution in [2.45, 2.75) is 13.0 Å². The summed E-state index contributed by atoms with van der Waals surface area (Å²) in [6, 6.07) is 10.1. The van der Waals surface area contributed by atoms with Crippen molar-refractivity contribution in [2.75, 3.05) is 39.3 Å². The molecule has 1 saturated heterocycles. The molecule has 1 aliphatic heterocycles. The largest absolute Gasteiger partial charge is 0.337 e. The molecule has 1 atom stereocenters. The van der Waals surface area contributed by atoms with Crippen LogP contribution in [0.2, 0.25) is 0 Å². The molecule has 1 aromatic heterocycles. The number of hydrogen-bond acceptors (Lipinski definition) is 6. The molecule has 3 rings (SSSR count). The van der Waals surface area contributed by atoms with Crippen LogP contribution in [-0.4, -0.2) is 59.2 Å². The molecule has 0 amide bonds. The fraction of sp³-hybridized carbons (Fsp3) is 0.500. The van der Waals surface area contributed by atoms with Crippen LogP contribution in [0.3, 0.4) is 0 Å². The van der Waals surface area contributed by atoms with E-state index >= 15 is 0 Å². The Morgan fingerprint density at radius 3 is 2.59 bits per heavy atom. The minimum atomic E-state index is 0.144. The van der Waals surface area contributed by atoms with Gasteiger partial charge in [0.25, 0.3) is 0 Å². The Bertz CT molecular complexity index is 577. The Morgan fingerprint density at radius 1 is 1.18 bits per heavy atom. The fourth-order valence-corrected chi connectivity index (χ4v) is 2.82. The average Bonchev–Trinajstić information content (AvgIpc) is 3.06. The second-order valence-corrected chi connectivity index (χ2v) is 5.66. The highest BCUT2D eigenvalue weighted by Crippen LogP contribution is 2.23. The normalized spacial score (nSPS) is 18.5. The van der Waals surface area contributed by atoms with Crippen LogP contribution < -0.4 is 5.73 Å². The molecule has 2 N–H and O–H groups in total. The second-order valence-electron chi connectivity index (χ2n) is 5.66. The SMILES string of the molecule is CC(c1nc(-c2ccccc2)no1)N1CCN(CCN)CC1. The zero-order chi connectivity index (χ0) is 15.4. The van der Waals surface area contributed by atoms with E-state index in [-0.39, 0.29) is 6.04 Å². The lowest BCUT2D eigenvalue weighted by Crippen LogP contribution is -2.48. The number of piperazine rings is 1. The third kappa shape index (κ3) is 3.35. The van der Waals surface area contributed by atoms with Crippen LogP contribution in [-0.2, 0) is 0 Å². The third-order valence-electron chi connectivity index (χ3n) is 4.23. The van der Waals surface area contributed by atoms with Gasteiger partial charge in [-0.3, -0.25) is 9.80 Å². The van der Waals surface area contributed by atoms with Gasteiger partial charge in [-0.05, 0) is 6.92 Å². The Morgan fingerprint density at radius 2 is 1.91 bits per heavy atom. The molecular formula is C16H23N5O. The monoisotopic (exact) mass is 301 g/mol. The Balaban J connectivity index is 1.64. The lowest BCUT2D eigenvalue weighted by atomic mass is 10.2. The lowest BCUT2D eigenvalue weighted by Gasteiger charge is -2.36. The summed E-state index contributed by atoms with van der Waals surface area (Å²) in [5.41, 5.74) is 6.60. The van der Waals surface area contributed by atoms with Crippen molar-refractivity contribution in [3.63, 3.8) is 0 Å². The van der Waals surface area contributed by atoms with E-state index in [1.54, 1.807) is 0 Å². The zero-order valence-corrected chi connectivity index (χ0v) is 13.0. The quantitative estimate of drug-likeness (QED) is 0.899. The first-order valence-corrected chi connectivity index (χ1v) is 7.83. The van der Waals surface area contributed by atoms with E-state index in [2.05, 4.69) is 26.9 Å². The summed E-state index contributed by atoms with van der Waals surface area (Å²) < 4.78 is 5.47. The van der Waals surface area contributed by atoms with Crippen molar-refractivity contribution in [1.29, 1.82) is 0 Å². The summed E-state index contributed by atoms with van der Waals surface area (Å²) in [6.07, 6.45) is 0. The molecular weight excluding hydrogens is 278 g/mol. The van der Waals surface area contributed by atoms with Crippen LogP contribution in [0.4, 0.5) is 0 Å². The van der Waals surface area contributed by atoms with Crippen LogP contribution in [0, 0.1) is 0 Å². The maximum atomic E-state index is 5.61. The predicted molar refractivity (Wildman–Crippen MR) is 85.2 cm³/mol. The van der Waals surface area contributed by atoms with E-state index in [9.17, 15) is 0 Å². The first-order chi connectivity index (χ1) is 10.8. The maximum Gasteiger partial charge on any atom is 0.244 e. The predicted octanol–water partition coefficient (Wildman–Crippen LogP) is 1.37. The summed E-state index contributed by atoms with van der Waals surface area (Å²) in [5, 5.41) is 4.11. The number of rotatable bonds is 5. The molecule has 22 heavy (non-hydrogen) atoms. The molecule has 2 aromatic rings. The van der Waals surface area contributed by atoms with Gasteiger partial charge in [0.15, 0.2) is 0 Å². The topological polar surface area (TPSA) is 71.4 Å². The van der Waals surface area contributed by atoms with Gasteiger partial charge in [0.2, 0.25) is 11.7 Å². The van der Waals surface area contributed by atoms with Crippen LogP contribution in [0.5, 0.6) is 0 Å². The molecule has 6 heteroatoms. The fourth-order valence-electron chi connectivity index (χ4n) is 2.82. The molecule has 1 aliphatic rings. The zero-order valence-electron chi connectivity index (χ0n) is 13.0. The molecule has 0 saturated carbocycles. The highest BCUT2D eigenvalue weighted by Gasteiger charge is 2.25. The van der Waals surface area contributed by atoms with Crippen molar-refractivity contribution in [3.8, 4) is 11.4 Å². The molecule has 0 spiro atoms. The maximum absolute atomic E-state index is 5.61. The standard InChI is InChI=1S/C16H23N5O/c1-13(21-11-9-20(8-7-17)10-12-21)16-18-15(19-22-16)14-5-3-2-4-6-14/h2-6,13H,7-12,17H2,1H3. The molecule has 1 unspecified atom stereocenters. The minimum Gasteiger partial charge on any atom is -0.337 e. The van der Waals surface area contributed by atoms with E-state index < -0.39 is 0 Å². The molecule has 118 valence electrons. The number of benzene rings is 1. The van der Waals surface area contributed by atoms with E-state index in [4.69, 9.17) is 10.3 Å². The van der Waals surface area contributed by atoms with Crippen LogP contribution >= 0.6 is 0 Å². The first-order valence-electron chi connectivity index (χ1n) is 7.83. The summed E-state index contributed by atoms with van der Waals surface area (Å²) in [4.78, 5) is 9.34. The van der Waals surface area contributed by atoms with Gasteiger partial charge in [-0.2, -0.15) is 4.98 Å². The molecule has 1 aromatic carbocycles. The minimum absolute atomic E-state index is 0.144. The van der Waals surface area contributed by atoms with E-state index in [1.165, 1.54) is 0 Å². The summed E-state index contributed by atoms with van der Waals surface area (Å²) in [7, 11) is 0. The van der Waals surface area contributed by atoms with Gasteiger partial charge >= 0.3 is 0 Å². The van der Waals surface area contributed by atoms with E-state index in [0.717, 1.165) is 44.8 Å². The van der Waals surface area contributed by atoms with Crippen molar-refractivity contribution >= 4 is 0 Å². The molecule has 6 nitrogen and oxygen atoms in total. The summed E-state index contributed by atoms with van der Waals surface area (Å²) >= 11 is 0. The Labute approximate surface area is 130 Å². The summed E-state index contributed by atoms with van der Waals surface area (Å²) in [6.45, 7) is 7.92. The van der Waals surface area contributed by atoms with Crippen LogP contribution in [0.15, 0.2) is 34.9 Å². The number of nitrogens with two attached hydrogens (primary N) is 1. The smallest absolute Gasteiger partial charge is 0.244 e. The average molecular weight is 301 g/mol. The molecule has 1 fully saturated rings. The molecule has 0 aliphatic carbocycles. The van der Waals surface area contributed by atoms with Gasteiger partial charge in [0.05, 0.1) is 6.04 Å². The van der Waals surface area contributed by atoms with Crippen LogP contribution in [0.1, 0.15) is 18.9 Å². The van der Waals surface area contributed by atoms with Gasteiger partial charge in [-0.1, -0.05) is 35.5 Å². The van der Waals surface area contributed by atoms with Crippen LogP contribution in [0.25, 0.3) is 11.4 Å². The van der Waals surface area contributed by atoms with Crippen molar-refractivity contribution in [1.82, 2.24) is 19.9 Å². The van der Waals surface area contributed by atoms with Gasteiger partial charge in [0.1, 0.15) is 0 Å². The Hall–Kier alpha value is -1.76. The van der Waals surface area contributed by atoms with Crippen molar-refractivity contribution in [3.05, 3.63) is 36.2 Å². The highest BCUT2D eigenvalue weighted by molar-refractivity contribution is 5.53. The molecule has 0 radical (unpaired) electrons. The van der Waals surface area contributed by atoms with Crippen molar-refractivity contribution < 1.29 is 4.52 Å². The van der Waals surface area contributed by atoms with E-state index in [1.807, 2.05) is 30.3 Å². The number of hydrogen-bond donors (Lipinski definition) is 1. The summed E-state index contributed by atoms with van der Waals surface area (Å²) in [5.74, 6) is 1.34. The number of aromatic nitrogens is 2.